The number of hydrogen-bond donors (Lipinski definition) is 2. The molecule has 1 amide bonds. The maximum atomic E-state index is 11.7. The number of amides is 1. The zero-order chi connectivity index (χ0) is 15.5. The SMILES string of the molecule is CCC(CNC(=O)CNCCOC)Oc1cccc(C)c1. The van der Waals surface area contributed by atoms with Gasteiger partial charge >= 0.3 is 0 Å². The normalized spacial score (nSPS) is 12.0. The van der Waals surface area contributed by atoms with Crippen LogP contribution >= 0.6 is 0 Å². The molecule has 21 heavy (non-hydrogen) atoms. The van der Waals surface area contributed by atoms with Crippen LogP contribution in [0.25, 0.3) is 0 Å². The molecule has 1 aromatic rings. The van der Waals surface area contributed by atoms with Gasteiger partial charge in [0.05, 0.1) is 19.7 Å². The second-order valence-electron chi connectivity index (χ2n) is 4.94. The van der Waals surface area contributed by atoms with Crippen molar-refractivity contribution in [2.24, 2.45) is 0 Å². The van der Waals surface area contributed by atoms with E-state index in [2.05, 4.69) is 10.6 Å². The van der Waals surface area contributed by atoms with Gasteiger partial charge in [0.1, 0.15) is 11.9 Å². The molecule has 118 valence electrons. The zero-order valence-corrected chi connectivity index (χ0v) is 13.1. The van der Waals surface area contributed by atoms with Crippen molar-refractivity contribution >= 4 is 5.91 Å². The molecular weight excluding hydrogens is 268 g/mol. The molecular formula is C16H26N2O3. The lowest BCUT2D eigenvalue weighted by atomic mass is 10.2. The predicted molar refractivity (Wildman–Crippen MR) is 83.6 cm³/mol. The van der Waals surface area contributed by atoms with E-state index < -0.39 is 0 Å². The number of methoxy groups -OCH3 is 1. The molecule has 0 saturated carbocycles. The number of carbonyl (C=O) groups excluding carboxylic acids is 1. The molecule has 1 unspecified atom stereocenters. The Bertz CT molecular complexity index is 424. The average Bonchev–Trinajstić information content (AvgIpc) is 2.48. The second kappa shape index (κ2) is 10.2. The van der Waals surface area contributed by atoms with Gasteiger partial charge in [-0.15, -0.1) is 0 Å². The Kier molecular flexibility index (Phi) is 8.47. The van der Waals surface area contributed by atoms with E-state index in [1.165, 1.54) is 0 Å². The van der Waals surface area contributed by atoms with Crippen LogP contribution in [0, 0.1) is 6.92 Å². The first-order chi connectivity index (χ1) is 10.2. The molecule has 0 fully saturated rings. The summed E-state index contributed by atoms with van der Waals surface area (Å²) >= 11 is 0. The van der Waals surface area contributed by atoms with Gasteiger partial charge in [0, 0.05) is 13.7 Å². The number of aryl methyl sites for hydroxylation is 1. The topological polar surface area (TPSA) is 59.6 Å². The Morgan fingerprint density at radius 2 is 2.19 bits per heavy atom. The van der Waals surface area contributed by atoms with Gasteiger partial charge in [-0.1, -0.05) is 19.1 Å². The summed E-state index contributed by atoms with van der Waals surface area (Å²) in [6.07, 6.45) is 0.820. The maximum Gasteiger partial charge on any atom is 0.234 e. The number of carbonyl (C=O) groups is 1. The maximum absolute atomic E-state index is 11.7. The molecule has 0 aliphatic rings. The molecule has 0 aromatic heterocycles. The Balaban J connectivity index is 2.29. The van der Waals surface area contributed by atoms with Gasteiger partial charge in [-0.25, -0.2) is 0 Å². The van der Waals surface area contributed by atoms with Crippen molar-refractivity contribution in [3.05, 3.63) is 29.8 Å². The van der Waals surface area contributed by atoms with Gasteiger partial charge in [0.2, 0.25) is 5.91 Å². The molecule has 0 saturated heterocycles. The molecule has 0 heterocycles. The minimum absolute atomic E-state index is 0.0188. The molecule has 0 aliphatic heterocycles. The molecule has 0 spiro atoms. The summed E-state index contributed by atoms with van der Waals surface area (Å²) in [4.78, 5) is 11.7. The highest BCUT2D eigenvalue weighted by Crippen LogP contribution is 2.15. The van der Waals surface area contributed by atoms with Crippen LogP contribution in [0.15, 0.2) is 24.3 Å². The first kappa shape index (κ1) is 17.5. The fourth-order valence-corrected chi connectivity index (χ4v) is 1.82. The first-order valence-electron chi connectivity index (χ1n) is 7.35. The highest BCUT2D eigenvalue weighted by molar-refractivity contribution is 5.77. The smallest absolute Gasteiger partial charge is 0.234 e. The summed E-state index contributed by atoms with van der Waals surface area (Å²) in [5.41, 5.74) is 1.16. The fourth-order valence-electron chi connectivity index (χ4n) is 1.82. The summed E-state index contributed by atoms with van der Waals surface area (Å²) in [7, 11) is 1.64. The molecule has 0 radical (unpaired) electrons. The van der Waals surface area contributed by atoms with Gasteiger partial charge in [0.15, 0.2) is 0 Å². The highest BCUT2D eigenvalue weighted by atomic mass is 16.5. The summed E-state index contributed by atoms with van der Waals surface area (Å²) in [6, 6.07) is 7.93. The van der Waals surface area contributed by atoms with Crippen molar-refractivity contribution in [3.8, 4) is 5.75 Å². The van der Waals surface area contributed by atoms with Gasteiger partial charge in [-0.2, -0.15) is 0 Å². The van der Waals surface area contributed by atoms with Gasteiger partial charge in [0.25, 0.3) is 0 Å². The summed E-state index contributed by atoms with van der Waals surface area (Å²) in [5, 5.41) is 5.89. The minimum Gasteiger partial charge on any atom is -0.489 e. The molecule has 5 heteroatoms. The number of benzene rings is 1. The second-order valence-corrected chi connectivity index (χ2v) is 4.94. The number of ether oxygens (including phenoxy) is 2. The van der Waals surface area contributed by atoms with Crippen LogP contribution in [0.1, 0.15) is 18.9 Å². The van der Waals surface area contributed by atoms with Crippen molar-refractivity contribution in [1.29, 1.82) is 0 Å². The van der Waals surface area contributed by atoms with Crippen molar-refractivity contribution in [3.63, 3.8) is 0 Å². The minimum atomic E-state index is -0.0302. The standard InChI is InChI=1S/C16H26N2O3/c1-4-14(21-15-7-5-6-13(2)10-15)11-18-16(19)12-17-8-9-20-3/h5-7,10,14,17H,4,8-9,11-12H2,1-3H3,(H,18,19). The van der Waals surface area contributed by atoms with Crippen LogP contribution in [0.4, 0.5) is 0 Å². The van der Waals surface area contributed by atoms with E-state index >= 15 is 0 Å². The first-order valence-corrected chi connectivity index (χ1v) is 7.35. The Morgan fingerprint density at radius 3 is 2.86 bits per heavy atom. The van der Waals surface area contributed by atoms with Gasteiger partial charge in [-0.05, 0) is 31.0 Å². The third-order valence-corrected chi connectivity index (χ3v) is 3.04. The van der Waals surface area contributed by atoms with Crippen molar-refractivity contribution < 1.29 is 14.3 Å². The van der Waals surface area contributed by atoms with Gasteiger partial charge < -0.3 is 20.1 Å². The predicted octanol–water partition coefficient (Wildman–Crippen LogP) is 1.50. The monoisotopic (exact) mass is 294 g/mol. The van der Waals surface area contributed by atoms with E-state index in [0.29, 0.717) is 26.2 Å². The lowest BCUT2D eigenvalue weighted by Gasteiger charge is -2.18. The van der Waals surface area contributed by atoms with Crippen molar-refractivity contribution in [1.82, 2.24) is 10.6 Å². The summed E-state index contributed by atoms with van der Waals surface area (Å²) in [6.45, 7) is 6.15. The Morgan fingerprint density at radius 1 is 1.38 bits per heavy atom. The molecule has 1 atom stereocenters. The van der Waals surface area contributed by atoms with Crippen LogP contribution in [-0.2, 0) is 9.53 Å². The van der Waals surface area contributed by atoms with E-state index in [1.54, 1.807) is 7.11 Å². The molecule has 1 rings (SSSR count). The largest absolute Gasteiger partial charge is 0.489 e. The Hall–Kier alpha value is -1.59. The van der Waals surface area contributed by atoms with E-state index in [4.69, 9.17) is 9.47 Å². The van der Waals surface area contributed by atoms with E-state index in [0.717, 1.165) is 17.7 Å². The van der Waals surface area contributed by atoms with Crippen LogP contribution in [0.5, 0.6) is 5.75 Å². The van der Waals surface area contributed by atoms with Crippen LogP contribution in [0.3, 0.4) is 0 Å². The molecule has 2 N–H and O–H groups in total. The quantitative estimate of drug-likeness (QED) is 0.642. The van der Waals surface area contributed by atoms with Crippen LogP contribution in [-0.4, -0.2) is 45.4 Å². The third-order valence-electron chi connectivity index (χ3n) is 3.04. The third kappa shape index (κ3) is 7.68. The lowest BCUT2D eigenvalue weighted by Crippen LogP contribution is -2.40. The molecule has 5 nitrogen and oxygen atoms in total. The lowest BCUT2D eigenvalue weighted by molar-refractivity contribution is -0.120. The molecule has 0 aliphatic carbocycles. The summed E-state index contributed by atoms with van der Waals surface area (Å²) < 4.78 is 10.8. The number of nitrogens with one attached hydrogen (secondary N) is 2. The number of hydrogen-bond acceptors (Lipinski definition) is 4. The molecule has 0 bridgehead atoms. The summed E-state index contributed by atoms with van der Waals surface area (Å²) in [5.74, 6) is 0.812. The van der Waals surface area contributed by atoms with E-state index in [1.807, 2.05) is 38.1 Å². The van der Waals surface area contributed by atoms with Crippen LogP contribution in [0.2, 0.25) is 0 Å². The van der Waals surface area contributed by atoms with Crippen molar-refractivity contribution in [2.75, 3.05) is 33.4 Å². The average molecular weight is 294 g/mol. The zero-order valence-electron chi connectivity index (χ0n) is 13.1. The van der Waals surface area contributed by atoms with Crippen LogP contribution < -0.4 is 15.4 Å². The fraction of sp³-hybridized carbons (Fsp3) is 0.562. The van der Waals surface area contributed by atoms with Gasteiger partial charge in [-0.3, -0.25) is 4.79 Å². The van der Waals surface area contributed by atoms with E-state index in [-0.39, 0.29) is 12.0 Å². The number of rotatable bonds is 10. The molecule has 1 aromatic carbocycles. The Labute approximate surface area is 127 Å². The van der Waals surface area contributed by atoms with Crippen molar-refractivity contribution in [2.45, 2.75) is 26.4 Å². The highest BCUT2D eigenvalue weighted by Gasteiger charge is 2.10. The van der Waals surface area contributed by atoms with E-state index in [9.17, 15) is 4.79 Å².